The number of thioether (sulfide) groups is 1. The van der Waals surface area contributed by atoms with E-state index < -0.39 is 34.2 Å². The lowest BCUT2D eigenvalue weighted by molar-refractivity contribution is -0.384. The molecule has 0 bridgehead atoms. The van der Waals surface area contributed by atoms with E-state index in [9.17, 15) is 29.9 Å². The maximum atomic E-state index is 12.1. The fourth-order valence-electron chi connectivity index (χ4n) is 2.72. The van der Waals surface area contributed by atoms with Crippen LogP contribution in [0.2, 0.25) is 0 Å². The third kappa shape index (κ3) is 2.28. The van der Waals surface area contributed by atoms with Crippen molar-refractivity contribution in [2.75, 3.05) is 0 Å². The summed E-state index contributed by atoms with van der Waals surface area (Å²) in [6.45, 7) is 1.49. The van der Waals surface area contributed by atoms with Crippen LogP contribution in [0.25, 0.3) is 4.91 Å². The molecule has 1 aromatic rings. The molecule has 1 fully saturated rings. The Labute approximate surface area is 134 Å². The minimum atomic E-state index is -1.24. The van der Waals surface area contributed by atoms with E-state index in [1.54, 1.807) is 0 Å². The highest BCUT2D eigenvalue weighted by Gasteiger charge is 2.57. The van der Waals surface area contributed by atoms with Crippen LogP contribution in [-0.4, -0.2) is 43.4 Å². The van der Waals surface area contributed by atoms with Crippen molar-refractivity contribution in [1.29, 1.82) is 0 Å². The molecule has 1 unspecified atom stereocenters. The highest BCUT2D eigenvalue weighted by Crippen LogP contribution is 2.53. The van der Waals surface area contributed by atoms with Gasteiger partial charge in [0.1, 0.15) is 11.1 Å². The second-order valence-corrected chi connectivity index (χ2v) is 6.40. The van der Waals surface area contributed by atoms with Crippen molar-refractivity contribution < 1.29 is 24.7 Å². The number of fused-ring (bicyclic) bond motifs is 1. The van der Waals surface area contributed by atoms with E-state index >= 15 is 0 Å². The number of hydrogen-bond donors (Lipinski definition) is 2. The fraction of sp³-hybridized carbons (Fsp3) is 0.286. The second-order valence-electron chi connectivity index (χ2n) is 5.27. The largest absolute Gasteiger partial charge is 0.477 e. The SMILES string of the molecule is C[C@@H](O)[C@H]1C(=O)N2C(C(=O)O)=C(c3ccc([N+](=O)[O-])cc3)SC12. The normalized spacial score (nSPS) is 24.3. The lowest BCUT2D eigenvalue weighted by atomic mass is 9.92. The summed E-state index contributed by atoms with van der Waals surface area (Å²) in [5, 5.41) is 29.3. The second kappa shape index (κ2) is 5.36. The number of nitro groups is 1. The van der Waals surface area contributed by atoms with Crippen molar-refractivity contribution in [2.24, 2.45) is 5.92 Å². The highest BCUT2D eigenvalue weighted by molar-refractivity contribution is 8.09. The van der Waals surface area contributed by atoms with Crippen molar-refractivity contribution in [3.8, 4) is 0 Å². The Hall–Kier alpha value is -2.39. The predicted octanol–water partition coefficient (Wildman–Crippen LogP) is 1.26. The number of aliphatic hydroxyl groups excluding tert-OH is 1. The monoisotopic (exact) mass is 336 g/mol. The Balaban J connectivity index is 1.99. The zero-order chi connectivity index (χ0) is 16.9. The molecule has 23 heavy (non-hydrogen) atoms. The molecule has 1 aromatic carbocycles. The van der Waals surface area contributed by atoms with Gasteiger partial charge < -0.3 is 10.2 Å². The smallest absolute Gasteiger partial charge is 0.353 e. The van der Waals surface area contributed by atoms with Crippen LogP contribution in [0.15, 0.2) is 30.0 Å². The summed E-state index contributed by atoms with van der Waals surface area (Å²) in [6.07, 6.45) is -0.873. The van der Waals surface area contributed by atoms with Gasteiger partial charge >= 0.3 is 5.97 Å². The molecular formula is C14H12N2O6S. The minimum Gasteiger partial charge on any atom is -0.477 e. The zero-order valence-electron chi connectivity index (χ0n) is 11.9. The Kier molecular flexibility index (Phi) is 3.61. The Morgan fingerprint density at radius 3 is 2.48 bits per heavy atom. The number of aliphatic hydroxyl groups is 1. The van der Waals surface area contributed by atoms with Crippen LogP contribution in [0, 0.1) is 16.0 Å². The lowest BCUT2D eigenvalue weighted by Gasteiger charge is -2.43. The number of carboxylic acids is 1. The highest BCUT2D eigenvalue weighted by atomic mass is 32.2. The third-order valence-electron chi connectivity index (χ3n) is 3.84. The number of carbonyl (C=O) groups is 2. The van der Waals surface area contributed by atoms with Crippen molar-refractivity contribution in [3.63, 3.8) is 0 Å². The van der Waals surface area contributed by atoms with E-state index in [0.29, 0.717) is 10.5 Å². The number of β-lactam (4-membered cyclic amide) rings is 1. The molecule has 2 aliphatic rings. The average Bonchev–Trinajstić information content (AvgIpc) is 2.82. The van der Waals surface area contributed by atoms with Crippen LogP contribution >= 0.6 is 11.8 Å². The summed E-state index contributed by atoms with van der Waals surface area (Å²) in [5.41, 5.74) is 0.246. The van der Waals surface area contributed by atoms with Gasteiger partial charge in [0.25, 0.3) is 5.69 Å². The standard InChI is InChI=1S/C14H12N2O6S/c1-6(17)9-12(18)15-10(14(19)20)11(23-13(9)15)7-2-4-8(5-3-7)16(21)22/h2-6,9,13,17H,1H3,(H,19,20)/t6-,9+,13?/m1/s1. The maximum Gasteiger partial charge on any atom is 0.353 e. The van der Waals surface area contributed by atoms with Crippen molar-refractivity contribution >= 4 is 34.2 Å². The molecule has 1 saturated heterocycles. The van der Waals surface area contributed by atoms with Gasteiger partial charge in [-0.25, -0.2) is 4.79 Å². The van der Waals surface area contributed by atoms with Crippen LogP contribution in [0.5, 0.6) is 0 Å². The lowest BCUT2D eigenvalue weighted by Crippen LogP contribution is -2.60. The number of nitro benzene ring substituents is 1. The molecule has 8 nitrogen and oxygen atoms in total. The third-order valence-corrected chi connectivity index (χ3v) is 5.25. The summed E-state index contributed by atoms with van der Waals surface area (Å²) in [6, 6.07) is 5.48. The molecule has 120 valence electrons. The van der Waals surface area contributed by atoms with Crippen LogP contribution in [0.4, 0.5) is 5.69 Å². The molecular weight excluding hydrogens is 324 g/mol. The van der Waals surface area contributed by atoms with Gasteiger partial charge in [0, 0.05) is 17.0 Å². The summed E-state index contributed by atoms with van der Waals surface area (Å²) >= 11 is 1.18. The molecule has 9 heteroatoms. The van der Waals surface area contributed by atoms with Gasteiger partial charge in [0.2, 0.25) is 5.91 Å². The Morgan fingerprint density at radius 2 is 2.00 bits per heavy atom. The molecule has 0 aliphatic carbocycles. The number of rotatable bonds is 4. The van der Waals surface area contributed by atoms with Gasteiger partial charge in [-0.1, -0.05) is 11.8 Å². The van der Waals surface area contributed by atoms with Gasteiger partial charge in [-0.3, -0.25) is 19.8 Å². The summed E-state index contributed by atoms with van der Waals surface area (Å²) in [5.74, 6) is -2.32. The molecule has 1 amide bonds. The fourth-order valence-corrected chi connectivity index (χ4v) is 4.34. The number of aliphatic carboxylic acids is 1. The van der Waals surface area contributed by atoms with E-state index in [2.05, 4.69) is 0 Å². The number of benzene rings is 1. The van der Waals surface area contributed by atoms with Crippen LogP contribution in [-0.2, 0) is 9.59 Å². The zero-order valence-corrected chi connectivity index (χ0v) is 12.7. The quantitative estimate of drug-likeness (QED) is 0.482. The number of carboxylic acid groups (broad SMARTS) is 1. The molecule has 2 aliphatic heterocycles. The van der Waals surface area contributed by atoms with E-state index in [4.69, 9.17) is 0 Å². The van der Waals surface area contributed by atoms with Crippen LogP contribution in [0.1, 0.15) is 12.5 Å². The molecule has 0 saturated carbocycles. The predicted molar refractivity (Wildman–Crippen MR) is 81.0 cm³/mol. The van der Waals surface area contributed by atoms with Gasteiger partial charge in [0.05, 0.1) is 16.9 Å². The first-order valence-corrected chi connectivity index (χ1v) is 7.61. The van der Waals surface area contributed by atoms with Crippen LogP contribution < -0.4 is 0 Å². The summed E-state index contributed by atoms with van der Waals surface area (Å²) in [4.78, 5) is 35.3. The first kappa shape index (κ1) is 15.5. The summed E-state index contributed by atoms with van der Waals surface area (Å²) < 4.78 is 0. The maximum absolute atomic E-state index is 12.1. The van der Waals surface area contributed by atoms with Gasteiger partial charge in [-0.15, -0.1) is 0 Å². The average molecular weight is 336 g/mol. The first-order valence-electron chi connectivity index (χ1n) is 6.73. The molecule has 0 spiro atoms. The van der Waals surface area contributed by atoms with Gasteiger partial charge in [-0.2, -0.15) is 0 Å². The molecule has 2 heterocycles. The summed E-state index contributed by atoms with van der Waals surface area (Å²) in [7, 11) is 0. The van der Waals surface area contributed by atoms with Crippen molar-refractivity contribution in [1.82, 2.24) is 4.90 Å². The molecule has 3 rings (SSSR count). The van der Waals surface area contributed by atoms with Crippen molar-refractivity contribution in [3.05, 3.63) is 45.6 Å². The Morgan fingerprint density at radius 1 is 1.39 bits per heavy atom. The molecule has 2 N–H and O–H groups in total. The van der Waals surface area contributed by atoms with E-state index in [1.165, 1.54) is 47.9 Å². The number of nitrogens with zero attached hydrogens (tertiary/aromatic N) is 2. The van der Waals surface area contributed by atoms with E-state index in [-0.39, 0.29) is 11.4 Å². The molecule has 0 radical (unpaired) electrons. The number of amides is 1. The van der Waals surface area contributed by atoms with Crippen LogP contribution in [0.3, 0.4) is 0 Å². The number of non-ortho nitro benzene ring substituents is 1. The molecule has 0 aromatic heterocycles. The van der Waals surface area contributed by atoms with Gasteiger partial charge in [-0.05, 0) is 24.6 Å². The molecule has 3 atom stereocenters. The van der Waals surface area contributed by atoms with Crippen molar-refractivity contribution in [2.45, 2.75) is 18.4 Å². The van der Waals surface area contributed by atoms with E-state index in [1.807, 2.05) is 0 Å². The number of carbonyl (C=O) groups excluding carboxylic acids is 1. The first-order chi connectivity index (χ1) is 10.8. The topological polar surface area (TPSA) is 121 Å². The minimum absolute atomic E-state index is 0.101. The number of hydrogen-bond acceptors (Lipinski definition) is 6. The van der Waals surface area contributed by atoms with E-state index in [0.717, 1.165) is 0 Å². The Bertz CT molecular complexity index is 742. The van der Waals surface area contributed by atoms with Gasteiger partial charge in [0.15, 0.2) is 0 Å².